The molecule has 0 aromatic rings. The summed E-state index contributed by atoms with van der Waals surface area (Å²) in [7, 11) is 0. The van der Waals surface area contributed by atoms with E-state index in [-0.39, 0.29) is 18.4 Å². The van der Waals surface area contributed by atoms with Gasteiger partial charge in [0.05, 0.1) is 11.5 Å². The van der Waals surface area contributed by atoms with Crippen LogP contribution < -0.4 is 0 Å². The van der Waals surface area contributed by atoms with Gasteiger partial charge in [-0.05, 0) is 19.3 Å². The molecule has 2 N–H and O–H groups in total. The Morgan fingerprint density at radius 1 is 1.32 bits per heavy atom. The molecule has 2 unspecified atom stereocenters. The number of carbonyl (C=O) groups is 4. The largest absolute Gasteiger partial charge is 0.481 e. The number of esters is 2. The third kappa shape index (κ3) is 2.11. The van der Waals surface area contributed by atoms with Crippen LogP contribution in [0.3, 0.4) is 0 Å². The molecule has 0 aromatic heterocycles. The second-order valence-electron chi connectivity index (χ2n) is 4.79. The molecule has 0 amide bonds. The van der Waals surface area contributed by atoms with Crippen LogP contribution in [0.5, 0.6) is 0 Å². The van der Waals surface area contributed by atoms with E-state index < -0.39 is 35.2 Å². The average Bonchev–Trinajstić information content (AvgIpc) is 2.68. The van der Waals surface area contributed by atoms with Crippen molar-refractivity contribution in [2.24, 2.45) is 11.3 Å². The fourth-order valence-electron chi connectivity index (χ4n) is 2.73. The molecule has 7 nitrogen and oxygen atoms in total. The Morgan fingerprint density at radius 3 is 2.47 bits per heavy atom. The Balaban J connectivity index is 2.41. The predicted octanol–water partition coefficient (Wildman–Crippen LogP) is 0.342. The first-order valence-electron chi connectivity index (χ1n) is 5.81. The van der Waals surface area contributed by atoms with E-state index in [1.54, 1.807) is 0 Å². The van der Waals surface area contributed by atoms with Crippen molar-refractivity contribution in [3.8, 4) is 0 Å². The number of carboxylic acid groups (broad SMARTS) is 2. The van der Waals surface area contributed by atoms with Crippen LogP contribution in [0.4, 0.5) is 0 Å². The second kappa shape index (κ2) is 4.49. The number of cyclic esters (lactones) is 2. The van der Waals surface area contributed by atoms with Crippen molar-refractivity contribution in [2.45, 2.75) is 25.7 Å². The molecule has 2 aliphatic rings. The quantitative estimate of drug-likeness (QED) is 0.559. The summed E-state index contributed by atoms with van der Waals surface area (Å²) < 4.78 is 4.32. The normalized spacial score (nSPS) is 30.7. The van der Waals surface area contributed by atoms with Crippen LogP contribution in [-0.4, -0.2) is 34.1 Å². The molecule has 0 radical (unpaired) electrons. The first-order valence-corrected chi connectivity index (χ1v) is 5.81. The first-order chi connectivity index (χ1) is 8.86. The van der Waals surface area contributed by atoms with Gasteiger partial charge < -0.3 is 14.9 Å². The van der Waals surface area contributed by atoms with E-state index in [2.05, 4.69) is 4.74 Å². The van der Waals surface area contributed by atoms with Crippen molar-refractivity contribution in [3.63, 3.8) is 0 Å². The van der Waals surface area contributed by atoms with Gasteiger partial charge in [-0.3, -0.25) is 9.59 Å². The van der Waals surface area contributed by atoms with E-state index in [4.69, 9.17) is 5.11 Å². The molecular weight excluding hydrogens is 256 g/mol. The molecule has 1 aliphatic carbocycles. The zero-order valence-electron chi connectivity index (χ0n) is 9.92. The lowest BCUT2D eigenvalue weighted by Gasteiger charge is -2.35. The molecule has 0 bridgehead atoms. The Labute approximate surface area is 107 Å². The van der Waals surface area contributed by atoms with Crippen molar-refractivity contribution in [1.29, 1.82) is 0 Å². The van der Waals surface area contributed by atoms with E-state index in [0.717, 1.165) is 6.08 Å². The minimum Gasteiger partial charge on any atom is -0.481 e. The summed E-state index contributed by atoms with van der Waals surface area (Å²) in [5, 5.41) is 18.4. The van der Waals surface area contributed by atoms with E-state index in [1.165, 1.54) is 0 Å². The maximum atomic E-state index is 11.5. The molecule has 0 aromatic carbocycles. The SMILES string of the molecule is O=C1C=C(C2(C(=O)O)CCCC(C(=O)O)C2)C(=O)O1. The molecule has 1 aliphatic heterocycles. The number of hydrogen-bond donors (Lipinski definition) is 2. The van der Waals surface area contributed by atoms with Gasteiger partial charge in [-0.15, -0.1) is 0 Å². The van der Waals surface area contributed by atoms with Crippen LogP contribution in [0.25, 0.3) is 0 Å². The number of aliphatic carboxylic acids is 2. The molecule has 0 spiro atoms. The van der Waals surface area contributed by atoms with Crippen molar-refractivity contribution in [1.82, 2.24) is 0 Å². The van der Waals surface area contributed by atoms with Crippen molar-refractivity contribution in [3.05, 3.63) is 11.6 Å². The fourth-order valence-corrected chi connectivity index (χ4v) is 2.73. The highest BCUT2D eigenvalue weighted by molar-refractivity contribution is 6.12. The van der Waals surface area contributed by atoms with Crippen molar-refractivity contribution >= 4 is 23.9 Å². The van der Waals surface area contributed by atoms with Crippen LogP contribution in [0.1, 0.15) is 25.7 Å². The summed E-state index contributed by atoms with van der Waals surface area (Å²) in [6, 6.07) is 0. The Morgan fingerprint density at radius 2 is 2.00 bits per heavy atom. The van der Waals surface area contributed by atoms with Gasteiger partial charge in [-0.2, -0.15) is 0 Å². The molecular formula is C12H12O7. The number of carbonyl (C=O) groups excluding carboxylic acids is 2. The van der Waals surface area contributed by atoms with Gasteiger partial charge in [-0.1, -0.05) is 6.42 Å². The van der Waals surface area contributed by atoms with Crippen LogP contribution in [0.2, 0.25) is 0 Å². The summed E-state index contributed by atoms with van der Waals surface area (Å²) in [5.74, 6) is -5.12. The molecule has 19 heavy (non-hydrogen) atoms. The standard InChI is InChI=1S/C12H12O7/c13-8-4-7(10(16)19-8)12(11(17)18)3-1-2-6(5-12)9(14)15/h4,6H,1-3,5H2,(H,14,15)(H,17,18). The Kier molecular flexibility index (Phi) is 3.13. The maximum absolute atomic E-state index is 11.5. The monoisotopic (exact) mass is 268 g/mol. The molecule has 102 valence electrons. The van der Waals surface area contributed by atoms with Crippen LogP contribution in [0.15, 0.2) is 11.6 Å². The molecule has 1 fully saturated rings. The van der Waals surface area contributed by atoms with Gasteiger partial charge in [0.15, 0.2) is 0 Å². The fraction of sp³-hybridized carbons (Fsp3) is 0.500. The highest BCUT2D eigenvalue weighted by atomic mass is 16.6. The Hall–Kier alpha value is -2.18. The number of ether oxygens (including phenoxy) is 1. The zero-order chi connectivity index (χ0) is 14.2. The van der Waals surface area contributed by atoms with E-state index >= 15 is 0 Å². The summed E-state index contributed by atoms with van der Waals surface area (Å²) >= 11 is 0. The van der Waals surface area contributed by atoms with Crippen molar-refractivity contribution < 1.29 is 34.1 Å². The van der Waals surface area contributed by atoms with Gasteiger partial charge in [0.1, 0.15) is 5.41 Å². The summed E-state index contributed by atoms with van der Waals surface area (Å²) in [4.78, 5) is 45.2. The van der Waals surface area contributed by atoms with Gasteiger partial charge in [-0.25, -0.2) is 9.59 Å². The van der Waals surface area contributed by atoms with Gasteiger partial charge >= 0.3 is 23.9 Å². The third-order valence-corrected chi connectivity index (χ3v) is 3.70. The minimum absolute atomic E-state index is 0.125. The van der Waals surface area contributed by atoms with Crippen LogP contribution >= 0.6 is 0 Å². The lowest BCUT2D eigenvalue weighted by atomic mass is 9.65. The average molecular weight is 268 g/mol. The lowest BCUT2D eigenvalue weighted by molar-refractivity contribution is -0.158. The van der Waals surface area contributed by atoms with E-state index in [1.807, 2.05) is 0 Å². The molecule has 2 atom stereocenters. The molecule has 1 heterocycles. The van der Waals surface area contributed by atoms with E-state index in [9.17, 15) is 24.3 Å². The smallest absolute Gasteiger partial charge is 0.343 e. The second-order valence-corrected chi connectivity index (χ2v) is 4.79. The first kappa shape index (κ1) is 13.3. The molecule has 2 rings (SSSR count). The summed E-state index contributed by atoms with van der Waals surface area (Å²) in [6.07, 6.45) is 1.51. The zero-order valence-corrected chi connectivity index (χ0v) is 9.92. The highest BCUT2D eigenvalue weighted by Gasteiger charge is 2.52. The summed E-state index contributed by atoms with van der Waals surface area (Å²) in [6.45, 7) is 0. The maximum Gasteiger partial charge on any atom is 0.343 e. The number of rotatable bonds is 3. The lowest BCUT2D eigenvalue weighted by Crippen LogP contribution is -2.41. The molecule has 1 saturated carbocycles. The molecule has 7 heteroatoms. The van der Waals surface area contributed by atoms with Crippen molar-refractivity contribution in [2.75, 3.05) is 0 Å². The van der Waals surface area contributed by atoms with Crippen LogP contribution in [-0.2, 0) is 23.9 Å². The van der Waals surface area contributed by atoms with Crippen LogP contribution in [0, 0.1) is 11.3 Å². The van der Waals surface area contributed by atoms with Gasteiger partial charge in [0, 0.05) is 6.08 Å². The number of carboxylic acids is 2. The Bertz CT molecular complexity index is 504. The third-order valence-electron chi connectivity index (χ3n) is 3.70. The molecule has 0 saturated heterocycles. The van der Waals surface area contributed by atoms with Gasteiger partial charge in [0.25, 0.3) is 0 Å². The number of hydrogen-bond acceptors (Lipinski definition) is 5. The van der Waals surface area contributed by atoms with Gasteiger partial charge in [0.2, 0.25) is 0 Å². The summed E-state index contributed by atoms with van der Waals surface area (Å²) in [5.41, 5.74) is -1.87. The highest BCUT2D eigenvalue weighted by Crippen LogP contribution is 2.46. The predicted molar refractivity (Wildman–Crippen MR) is 58.8 cm³/mol. The van der Waals surface area contributed by atoms with E-state index in [0.29, 0.717) is 12.8 Å². The topological polar surface area (TPSA) is 118 Å². The minimum atomic E-state index is -1.63.